The minimum Gasteiger partial charge on any atom is -0.481 e. The number of carbonyl (C=O) groups excluding carboxylic acids is 1. The lowest BCUT2D eigenvalue weighted by Gasteiger charge is -2.27. The van der Waals surface area contributed by atoms with E-state index in [0.717, 1.165) is 5.56 Å². The molecule has 22 heavy (non-hydrogen) atoms. The zero-order valence-electron chi connectivity index (χ0n) is 11.6. The number of hydrogen-bond donors (Lipinski definition) is 2. The smallest absolute Gasteiger partial charge is 0.318 e. The number of nitrogens with one attached hydrogen (secondary N) is 1. The number of amides is 1. The SMILES string of the molecule is O=C(O)C1C(=O)NC(c2ccccc2)=NC1c1ccccc1. The van der Waals surface area contributed by atoms with Gasteiger partial charge in [0.15, 0.2) is 5.92 Å². The van der Waals surface area contributed by atoms with Crippen molar-refractivity contribution in [3.63, 3.8) is 0 Å². The first kappa shape index (κ1) is 14.0. The first-order valence-corrected chi connectivity index (χ1v) is 6.88. The minimum absolute atomic E-state index is 0.400. The molecule has 0 fully saturated rings. The average molecular weight is 294 g/mol. The number of aliphatic carboxylic acids is 1. The number of benzene rings is 2. The molecule has 2 unspecified atom stereocenters. The third-order valence-electron chi connectivity index (χ3n) is 3.56. The van der Waals surface area contributed by atoms with Crippen LogP contribution in [0.3, 0.4) is 0 Å². The average Bonchev–Trinajstić information content (AvgIpc) is 2.55. The fourth-order valence-electron chi connectivity index (χ4n) is 2.49. The van der Waals surface area contributed by atoms with Crippen LogP contribution in [0.25, 0.3) is 0 Å². The maximum Gasteiger partial charge on any atom is 0.318 e. The van der Waals surface area contributed by atoms with E-state index in [1.807, 2.05) is 36.4 Å². The summed E-state index contributed by atoms with van der Waals surface area (Å²) in [5.41, 5.74) is 1.46. The highest BCUT2D eigenvalue weighted by atomic mass is 16.4. The van der Waals surface area contributed by atoms with Crippen LogP contribution in [0.5, 0.6) is 0 Å². The molecule has 3 rings (SSSR count). The number of nitrogens with zero attached hydrogens (tertiary/aromatic N) is 1. The highest BCUT2D eigenvalue weighted by Crippen LogP contribution is 2.30. The monoisotopic (exact) mass is 294 g/mol. The van der Waals surface area contributed by atoms with Crippen LogP contribution < -0.4 is 5.32 Å². The van der Waals surface area contributed by atoms with Gasteiger partial charge in [-0.25, -0.2) is 0 Å². The van der Waals surface area contributed by atoms with Crippen LogP contribution in [0.2, 0.25) is 0 Å². The number of carboxylic acid groups (broad SMARTS) is 1. The van der Waals surface area contributed by atoms with E-state index in [4.69, 9.17) is 0 Å². The molecular formula is C17H14N2O3. The van der Waals surface area contributed by atoms with Crippen LogP contribution in [0, 0.1) is 5.92 Å². The van der Waals surface area contributed by atoms with Crippen LogP contribution in [-0.2, 0) is 9.59 Å². The van der Waals surface area contributed by atoms with Crippen LogP contribution >= 0.6 is 0 Å². The van der Waals surface area contributed by atoms with Gasteiger partial charge in [-0.1, -0.05) is 60.7 Å². The second-order valence-electron chi connectivity index (χ2n) is 5.00. The lowest BCUT2D eigenvalue weighted by atomic mass is 9.91. The number of hydrogen-bond acceptors (Lipinski definition) is 3. The lowest BCUT2D eigenvalue weighted by molar-refractivity contribution is -0.147. The van der Waals surface area contributed by atoms with Crippen LogP contribution in [0.1, 0.15) is 17.2 Å². The third-order valence-corrected chi connectivity index (χ3v) is 3.56. The predicted molar refractivity (Wildman–Crippen MR) is 81.4 cm³/mol. The number of rotatable bonds is 3. The van der Waals surface area contributed by atoms with Gasteiger partial charge in [-0.3, -0.25) is 14.6 Å². The zero-order valence-corrected chi connectivity index (χ0v) is 11.6. The Morgan fingerprint density at radius 3 is 2.18 bits per heavy atom. The van der Waals surface area contributed by atoms with Crippen molar-refractivity contribution in [1.82, 2.24) is 5.32 Å². The summed E-state index contributed by atoms with van der Waals surface area (Å²) < 4.78 is 0. The Bertz CT molecular complexity index is 726. The van der Waals surface area contributed by atoms with Crippen molar-refractivity contribution >= 4 is 17.7 Å². The van der Waals surface area contributed by atoms with Gasteiger partial charge in [0.1, 0.15) is 5.84 Å². The fourth-order valence-corrected chi connectivity index (χ4v) is 2.49. The summed E-state index contributed by atoms with van der Waals surface area (Å²) >= 11 is 0. The lowest BCUT2D eigenvalue weighted by Crippen LogP contribution is -2.46. The standard InChI is InChI=1S/C17H14N2O3/c20-16-13(17(21)22)14(11-7-3-1-4-8-11)18-15(19-16)12-9-5-2-6-10-12/h1-10,13-14H,(H,21,22)(H,18,19,20). The first-order chi connectivity index (χ1) is 10.7. The molecule has 1 aliphatic heterocycles. The van der Waals surface area contributed by atoms with Gasteiger partial charge in [-0.15, -0.1) is 0 Å². The van der Waals surface area contributed by atoms with Crippen molar-refractivity contribution in [2.45, 2.75) is 6.04 Å². The largest absolute Gasteiger partial charge is 0.481 e. The fraction of sp³-hybridized carbons (Fsp3) is 0.118. The predicted octanol–water partition coefficient (Wildman–Crippen LogP) is 2.01. The van der Waals surface area contributed by atoms with Crippen LogP contribution in [0.4, 0.5) is 0 Å². The molecule has 5 heteroatoms. The summed E-state index contributed by atoms with van der Waals surface area (Å²) in [7, 11) is 0. The number of amidine groups is 1. The molecule has 1 heterocycles. The highest BCUT2D eigenvalue weighted by Gasteiger charge is 2.39. The van der Waals surface area contributed by atoms with Crippen molar-refractivity contribution in [3.8, 4) is 0 Å². The Labute approximate surface area is 127 Å². The van der Waals surface area contributed by atoms with E-state index in [1.54, 1.807) is 24.3 Å². The highest BCUT2D eigenvalue weighted by molar-refractivity contribution is 6.14. The molecule has 5 nitrogen and oxygen atoms in total. The third kappa shape index (κ3) is 2.61. The van der Waals surface area contributed by atoms with E-state index in [1.165, 1.54) is 0 Å². The van der Waals surface area contributed by atoms with Gasteiger partial charge in [-0.05, 0) is 5.56 Å². The number of aliphatic imine (C=N–C) groups is 1. The van der Waals surface area contributed by atoms with Crippen molar-refractivity contribution < 1.29 is 14.7 Å². The Balaban J connectivity index is 2.08. The molecule has 2 atom stereocenters. The van der Waals surface area contributed by atoms with E-state index in [9.17, 15) is 14.7 Å². The molecule has 0 radical (unpaired) electrons. The van der Waals surface area contributed by atoms with Crippen LogP contribution in [0.15, 0.2) is 65.7 Å². The maximum atomic E-state index is 12.2. The van der Waals surface area contributed by atoms with Crippen molar-refractivity contribution in [2.75, 3.05) is 0 Å². The summed E-state index contributed by atoms with van der Waals surface area (Å²) in [6.07, 6.45) is 0. The molecule has 0 spiro atoms. The Kier molecular flexibility index (Phi) is 3.70. The Morgan fingerprint density at radius 1 is 1.00 bits per heavy atom. The molecule has 1 amide bonds. The molecule has 0 aromatic heterocycles. The minimum atomic E-state index is -1.23. The Morgan fingerprint density at radius 2 is 1.59 bits per heavy atom. The van der Waals surface area contributed by atoms with Crippen molar-refractivity contribution in [3.05, 3.63) is 71.8 Å². The van der Waals surface area contributed by atoms with Crippen molar-refractivity contribution in [2.24, 2.45) is 10.9 Å². The van der Waals surface area contributed by atoms with Gasteiger partial charge in [0.2, 0.25) is 5.91 Å². The summed E-state index contributed by atoms with van der Waals surface area (Å²) in [6, 6.07) is 17.5. The quantitative estimate of drug-likeness (QED) is 0.850. The number of carbonyl (C=O) groups is 2. The van der Waals surface area contributed by atoms with E-state index in [2.05, 4.69) is 10.3 Å². The summed E-state index contributed by atoms with van der Waals surface area (Å²) in [5.74, 6) is -2.55. The molecule has 1 aliphatic rings. The van der Waals surface area contributed by atoms with Gasteiger partial charge < -0.3 is 10.4 Å². The van der Waals surface area contributed by atoms with Gasteiger partial charge in [0.05, 0.1) is 6.04 Å². The molecule has 0 saturated heterocycles. The Hall–Kier alpha value is -2.95. The molecule has 2 N–H and O–H groups in total. The maximum absolute atomic E-state index is 12.2. The molecule has 2 aromatic rings. The van der Waals surface area contributed by atoms with Gasteiger partial charge in [-0.2, -0.15) is 0 Å². The van der Waals surface area contributed by atoms with Crippen molar-refractivity contribution in [1.29, 1.82) is 0 Å². The summed E-state index contributed by atoms with van der Waals surface area (Å²) in [5, 5.41) is 12.0. The second kappa shape index (κ2) is 5.81. The van der Waals surface area contributed by atoms with Gasteiger partial charge in [0.25, 0.3) is 0 Å². The molecule has 0 aliphatic carbocycles. The zero-order chi connectivity index (χ0) is 15.5. The molecule has 0 bridgehead atoms. The first-order valence-electron chi connectivity index (χ1n) is 6.88. The molecule has 110 valence electrons. The summed E-state index contributed by atoms with van der Waals surface area (Å²) in [6.45, 7) is 0. The topological polar surface area (TPSA) is 78.8 Å². The number of carboxylic acids is 1. The van der Waals surface area contributed by atoms with E-state index in [0.29, 0.717) is 11.4 Å². The van der Waals surface area contributed by atoms with E-state index < -0.39 is 23.8 Å². The summed E-state index contributed by atoms with van der Waals surface area (Å²) in [4.78, 5) is 28.2. The normalized spacial score (nSPS) is 20.9. The van der Waals surface area contributed by atoms with E-state index >= 15 is 0 Å². The van der Waals surface area contributed by atoms with Gasteiger partial charge >= 0.3 is 5.97 Å². The van der Waals surface area contributed by atoms with Gasteiger partial charge in [0, 0.05) is 5.56 Å². The molecule has 2 aromatic carbocycles. The van der Waals surface area contributed by atoms with Crippen LogP contribution in [-0.4, -0.2) is 22.8 Å². The van der Waals surface area contributed by atoms with E-state index in [-0.39, 0.29) is 0 Å². The molecule has 0 saturated carbocycles. The molecular weight excluding hydrogens is 280 g/mol. The second-order valence-corrected chi connectivity index (χ2v) is 5.00.